The molecule has 1 N–H and O–H groups in total. The van der Waals surface area contributed by atoms with Crippen molar-refractivity contribution >= 4 is 0 Å². The quantitative estimate of drug-likeness (QED) is 0.776. The number of rotatable bonds is 5. The summed E-state index contributed by atoms with van der Waals surface area (Å²) in [5.74, 6) is 2.35. The van der Waals surface area contributed by atoms with Gasteiger partial charge in [-0.25, -0.2) is 0 Å². The van der Waals surface area contributed by atoms with E-state index in [9.17, 15) is 0 Å². The maximum atomic E-state index is 5.01. The molecule has 0 amide bonds. The van der Waals surface area contributed by atoms with E-state index in [0.29, 0.717) is 24.3 Å². The Hall–Kier alpha value is -0.900. The molecule has 1 saturated carbocycles. The first kappa shape index (κ1) is 9.65. The molecule has 0 bridgehead atoms. The Bertz CT molecular complexity index is 293. The predicted molar refractivity (Wildman–Crippen MR) is 52.7 cm³/mol. The fraction of sp³-hybridized carbons (Fsp3) is 0.800. The molecule has 1 fully saturated rings. The maximum Gasteiger partial charge on any atom is 0.240 e. The van der Waals surface area contributed by atoms with Crippen molar-refractivity contribution in [3.8, 4) is 0 Å². The van der Waals surface area contributed by atoms with Crippen LogP contribution in [-0.2, 0) is 6.54 Å². The first-order valence-electron chi connectivity index (χ1n) is 5.26. The zero-order valence-corrected chi connectivity index (χ0v) is 8.79. The predicted octanol–water partition coefficient (Wildman–Crippen LogP) is 1.66. The van der Waals surface area contributed by atoms with Gasteiger partial charge in [0, 0.05) is 6.04 Å². The summed E-state index contributed by atoms with van der Waals surface area (Å²) >= 11 is 0. The van der Waals surface area contributed by atoms with Crippen molar-refractivity contribution in [2.45, 2.75) is 45.7 Å². The van der Waals surface area contributed by atoms with Gasteiger partial charge in [0.15, 0.2) is 5.82 Å². The number of nitrogens with one attached hydrogen (secondary N) is 1. The summed E-state index contributed by atoms with van der Waals surface area (Å²) < 4.78 is 5.01. The van der Waals surface area contributed by atoms with Gasteiger partial charge >= 0.3 is 0 Å². The molecule has 4 heteroatoms. The lowest BCUT2D eigenvalue weighted by molar-refractivity contribution is 0.352. The SMILES string of the molecule is Cc1noc(CNC(C)CC2CC2)n1. The first-order valence-corrected chi connectivity index (χ1v) is 5.26. The number of nitrogens with zero attached hydrogens (tertiary/aromatic N) is 2. The van der Waals surface area contributed by atoms with Gasteiger partial charge < -0.3 is 9.84 Å². The molecule has 0 aromatic carbocycles. The Labute approximate surface area is 84.1 Å². The fourth-order valence-corrected chi connectivity index (χ4v) is 1.61. The highest BCUT2D eigenvalue weighted by atomic mass is 16.5. The van der Waals surface area contributed by atoms with Crippen LogP contribution in [0.4, 0.5) is 0 Å². The van der Waals surface area contributed by atoms with Crippen LogP contribution in [0.2, 0.25) is 0 Å². The average Bonchev–Trinajstić information content (AvgIpc) is 2.85. The van der Waals surface area contributed by atoms with E-state index in [0.717, 1.165) is 5.92 Å². The van der Waals surface area contributed by atoms with Crippen LogP contribution in [0.3, 0.4) is 0 Å². The summed E-state index contributed by atoms with van der Waals surface area (Å²) in [7, 11) is 0. The second-order valence-electron chi connectivity index (χ2n) is 4.20. The van der Waals surface area contributed by atoms with Gasteiger partial charge in [-0.05, 0) is 26.2 Å². The molecule has 1 heterocycles. The number of hydrogen-bond acceptors (Lipinski definition) is 4. The molecule has 0 spiro atoms. The van der Waals surface area contributed by atoms with E-state index in [1.807, 2.05) is 6.92 Å². The smallest absolute Gasteiger partial charge is 0.240 e. The van der Waals surface area contributed by atoms with E-state index in [1.54, 1.807) is 0 Å². The maximum absolute atomic E-state index is 5.01. The molecule has 0 aliphatic heterocycles. The monoisotopic (exact) mass is 195 g/mol. The van der Waals surface area contributed by atoms with Gasteiger partial charge in [0.1, 0.15) is 0 Å². The van der Waals surface area contributed by atoms with Crippen LogP contribution in [0.5, 0.6) is 0 Å². The lowest BCUT2D eigenvalue weighted by atomic mass is 10.1. The third-order valence-electron chi connectivity index (χ3n) is 2.56. The van der Waals surface area contributed by atoms with Crippen LogP contribution >= 0.6 is 0 Å². The lowest BCUT2D eigenvalue weighted by Gasteiger charge is -2.10. The van der Waals surface area contributed by atoms with Gasteiger partial charge in [0.05, 0.1) is 6.54 Å². The van der Waals surface area contributed by atoms with Crippen molar-refractivity contribution in [2.75, 3.05) is 0 Å². The molecular formula is C10H17N3O. The van der Waals surface area contributed by atoms with E-state index in [1.165, 1.54) is 19.3 Å². The van der Waals surface area contributed by atoms with Crippen molar-refractivity contribution in [3.63, 3.8) is 0 Å². The van der Waals surface area contributed by atoms with E-state index in [-0.39, 0.29) is 0 Å². The largest absolute Gasteiger partial charge is 0.338 e. The lowest BCUT2D eigenvalue weighted by Crippen LogP contribution is -2.26. The molecule has 78 valence electrons. The van der Waals surface area contributed by atoms with Crippen molar-refractivity contribution < 1.29 is 4.52 Å². The summed E-state index contributed by atoms with van der Waals surface area (Å²) in [6, 6.07) is 0.551. The van der Waals surface area contributed by atoms with Crippen LogP contribution < -0.4 is 5.32 Å². The molecule has 1 unspecified atom stereocenters. The van der Waals surface area contributed by atoms with Gasteiger partial charge in [-0.3, -0.25) is 0 Å². The Balaban J connectivity index is 1.70. The van der Waals surface area contributed by atoms with Gasteiger partial charge in [-0.15, -0.1) is 0 Å². The standard InChI is InChI=1S/C10H17N3O/c1-7(5-9-3-4-9)11-6-10-12-8(2)13-14-10/h7,9,11H,3-6H2,1-2H3. The minimum absolute atomic E-state index is 0.551. The molecule has 1 atom stereocenters. The molecule has 0 radical (unpaired) electrons. The van der Waals surface area contributed by atoms with Gasteiger partial charge in [0.2, 0.25) is 5.89 Å². The van der Waals surface area contributed by atoms with Crippen molar-refractivity contribution in [1.29, 1.82) is 0 Å². The highest BCUT2D eigenvalue weighted by molar-refractivity contribution is 4.84. The van der Waals surface area contributed by atoms with Crippen LogP contribution in [0.15, 0.2) is 4.52 Å². The third kappa shape index (κ3) is 2.80. The molecule has 2 rings (SSSR count). The molecule has 1 aromatic heterocycles. The molecular weight excluding hydrogens is 178 g/mol. The Morgan fingerprint density at radius 1 is 1.57 bits per heavy atom. The van der Waals surface area contributed by atoms with E-state index < -0.39 is 0 Å². The normalized spacial score (nSPS) is 18.4. The van der Waals surface area contributed by atoms with E-state index in [4.69, 9.17) is 4.52 Å². The van der Waals surface area contributed by atoms with Crippen LogP contribution in [-0.4, -0.2) is 16.2 Å². The second kappa shape index (κ2) is 4.09. The molecule has 1 aromatic rings. The van der Waals surface area contributed by atoms with Crippen LogP contribution in [0, 0.1) is 12.8 Å². The second-order valence-corrected chi connectivity index (χ2v) is 4.20. The third-order valence-corrected chi connectivity index (χ3v) is 2.56. The van der Waals surface area contributed by atoms with Crippen LogP contribution in [0.1, 0.15) is 37.9 Å². The molecule has 1 aliphatic rings. The highest BCUT2D eigenvalue weighted by Crippen LogP contribution is 2.33. The van der Waals surface area contributed by atoms with Gasteiger partial charge in [-0.2, -0.15) is 4.98 Å². The number of aryl methyl sites for hydroxylation is 1. The summed E-state index contributed by atoms with van der Waals surface area (Å²) in [6.07, 6.45) is 4.09. The van der Waals surface area contributed by atoms with Gasteiger partial charge in [-0.1, -0.05) is 18.0 Å². The Kier molecular flexibility index (Phi) is 2.82. The highest BCUT2D eigenvalue weighted by Gasteiger charge is 2.23. The van der Waals surface area contributed by atoms with E-state index >= 15 is 0 Å². The Morgan fingerprint density at radius 2 is 2.36 bits per heavy atom. The minimum Gasteiger partial charge on any atom is -0.338 e. The Morgan fingerprint density at radius 3 is 2.93 bits per heavy atom. The average molecular weight is 195 g/mol. The molecule has 4 nitrogen and oxygen atoms in total. The molecule has 14 heavy (non-hydrogen) atoms. The fourth-order valence-electron chi connectivity index (χ4n) is 1.61. The van der Waals surface area contributed by atoms with Gasteiger partial charge in [0.25, 0.3) is 0 Å². The first-order chi connectivity index (χ1) is 6.74. The van der Waals surface area contributed by atoms with Crippen molar-refractivity contribution in [1.82, 2.24) is 15.5 Å². The summed E-state index contributed by atoms with van der Waals surface area (Å²) in [4.78, 5) is 4.14. The molecule has 1 aliphatic carbocycles. The van der Waals surface area contributed by atoms with E-state index in [2.05, 4.69) is 22.4 Å². The topological polar surface area (TPSA) is 51.0 Å². The number of hydrogen-bond donors (Lipinski definition) is 1. The summed E-state index contributed by atoms with van der Waals surface area (Å²) in [6.45, 7) is 4.73. The molecule has 0 saturated heterocycles. The summed E-state index contributed by atoms with van der Waals surface area (Å²) in [5.41, 5.74) is 0. The zero-order valence-electron chi connectivity index (χ0n) is 8.79. The van der Waals surface area contributed by atoms with Crippen molar-refractivity contribution in [2.24, 2.45) is 5.92 Å². The summed E-state index contributed by atoms with van der Waals surface area (Å²) in [5, 5.41) is 7.13. The number of aromatic nitrogens is 2. The van der Waals surface area contributed by atoms with Crippen molar-refractivity contribution in [3.05, 3.63) is 11.7 Å². The zero-order chi connectivity index (χ0) is 9.97. The van der Waals surface area contributed by atoms with Crippen LogP contribution in [0.25, 0.3) is 0 Å². The minimum atomic E-state index is 0.551.